The van der Waals surface area contributed by atoms with Crippen molar-refractivity contribution < 1.29 is 25.8 Å². The molecule has 0 aromatic rings. The normalized spacial score (nSPS) is 23.7. The van der Waals surface area contributed by atoms with Gasteiger partial charge in [-0.15, -0.1) is 6.04 Å². The van der Waals surface area contributed by atoms with Crippen molar-refractivity contribution in [2.24, 2.45) is 5.92 Å². The van der Waals surface area contributed by atoms with Crippen LogP contribution in [0.3, 0.4) is 0 Å². The second-order valence-electron chi connectivity index (χ2n) is 6.15. The van der Waals surface area contributed by atoms with E-state index in [1.54, 1.807) is 0 Å². The Bertz CT molecular complexity index is 214. The second-order valence-corrected chi connectivity index (χ2v) is 6.15. The topological polar surface area (TPSA) is 26.6 Å². The Hall–Kier alpha value is 0.568. The van der Waals surface area contributed by atoms with Gasteiger partial charge in [-0.2, -0.15) is 7.05 Å². The zero-order valence-corrected chi connectivity index (χ0v) is 16.5. The van der Waals surface area contributed by atoms with Crippen molar-refractivity contribution in [3.63, 3.8) is 0 Å². The van der Waals surface area contributed by atoms with Crippen molar-refractivity contribution in [1.29, 1.82) is 0 Å². The summed E-state index contributed by atoms with van der Waals surface area (Å²) in [5.74, 6) is 0.756. The van der Waals surface area contributed by atoms with E-state index in [0.29, 0.717) is 6.04 Å². The average molecular weight is 440 g/mol. The molecule has 1 saturated carbocycles. The van der Waals surface area contributed by atoms with Gasteiger partial charge >= 0.3 is 21.1 Å². The van der Waals surface area contributed by atoms with Crippen LogP contribution in [0.4, 0.5) is 0 Å². The quantitative estimate of drug-likeness (QED) is 0.593. The molecule has 4 heteroatoms. The molecule has 1 rings (SSSR count). The molecule has 0 N–H and O–H groups in total. The van der Waals surface area contributed by atoms with E-state index in [1.165, 1.54) is 25.7 Å². The van der Waals surface area contributed by atoms with Crippen LogP contribution in [-0.4, -0.2) is 50.8 Å². The Morgan fingerprint density at radius 2 is 1.68 bits per heavy atom. The molecule has 0 bridgehead atoms. The molecular formula is C15H32N2OW. The Balaban J connectivity index is 0. The van der Waals surface area contributed by atoms with Gasteiger partial charge in [0.1, 0.15) is 0 Å². The van der Waals surface area contributed by atoms with Crippen molar-refractivity contribution in [1.82, 2.24) is 4.90 Å². The molecule has 1 aliphatic carbocycles. The number of rotatable bonds is 6. The minimum absolute atomic E-state index is 0. The Morgan fingerprint density at radius 3 is 2.11 bits per heavy atom. The minimum atomic E-state index is 0. The van der Waals surface area contributed by atoms with Crippen molar-refractivity contribution in [2.45, 2.75) is 51.1 Å². The molecule has 0 spiro atoms. The summed E-state index contributed by atoms with van der Waals surface area (Å²) in [6.45, 7) is 6.19. The molecule has 1 fully saturated rings. The molecule has 0 heterocycles. The molecule has 0 aromatic carbocycles. The van der Waals surface area contributed by atoms with Crippen LogP contribution in [0.2, 0.25) is 0 Å². The predicted octanol–water partition coefficient (Wildman–Crippen LogP) is 3.35. The number of likely N-dealkylation sites (N-methyl/N-ethyl adjacent to an activating group) is 1. The van der Waals surface area contributed by atoms with E-state index in [9.17, 15) is 0 Å². The van der Waals surface area contributed by atoms with Crippen molar-refractivity contribution in [3.05, 3.63) is 12.7 Å². The van der Waals surface area contributed by atoms with Gasteiger partial charge in [0.15, 0.2) is 0 Å². The fourth-order valence-corrected chi connectivity index (χ4v) is 2.17. The van der Waals surface area contributed by atoms with Gasteiger partial charge in [-0.05, 0) is 46.7 Å². The third-order valence-electron chi connectivity index (χ3n) is 4.20. The van der Waals surface area contributed by atoms with E-state index in [4.69, 9.17) is 4.74 Å². The second kappa shape index (κ2) is 10.3. The van der Waals surface area contributed by atoms with Crippen LogP contribution in [0, 0.1) is 13.3 Å². The van der Waals surface area contributed by atoms with E-state index in [1.807, 2.05) is 7.05 Å². The maximum Gasteiger partial charge on any atom is 2.00 e. The molecule has 3 nitrogen and oxygen atoms in total. The van der Waals surface area contributed by atoms with Crippen molar-refractivity contribution in [3.8, 4) is 0 Å². The first-order valence-electron chi connectivity index (χ1n) is 6.80. The zero-order chi connectivity index (χ0) is 12.9. The summed E-state index contributed by atoms with van der Waals surface area (Å²) in [5, 5.41) is 4.38. The minimum Gasteiger partial charge on any atom is -0.662 e. The van der Waals surface area contributed by atoms with Crippen LogP contribution in [-0.2, 0) is 25.8 Å². The van der Waals surface area contributed by atoms with Crippen molar-refractivity contribution in [2.75, 3.05) is 34.4 Å². The Kier molecular flexibility index (Phi) is 11.9. The summed E-state index contributed by atoms with van der Waals surface area (Å²) < 4.78 is 5.90. The molecule has 0 aliphatic heterocycles. The van der Waals surface area contributed by atoms with Crippen molar-refractivity contribution >= 4 is 0 Å². The van der Waals surface area contributed by atoms with E-state index in [0.717, 1.165) is 19.1 Å². The van der Waals surface area contributed by atoms with E-state index in [-0.39, 0.29) is 34.0 Å². The number of hydrogen-bond donors (Lipinski definition) is 0. The first-order chi connectivity index (χ1) is 7.95. The van der Waals surface area contributed by atoms with Gasteiger partial charge in [-0.3, -0.25) is 0 Å². The van der Waals surface area contributed by atoms with Crippen LogP contribution in [0.15, 0.2) is 0 Å². The first kappa shape index (κ1) is 21.9. The monoisotopic (exact) mass is 440 g/mol. The number of nitrogens with zero attached hydrogens (tertiary/aromatic N) is 2. The van der Waals surface area contributed by atoms with Gasteiger partial charge in [0, 0.05) is 12.1 Å². The summed E-state index contributed by atoms with van der Waals surface area (Å²) in [6, 6.07) is 0.615. The summed E-state index contributed by atoms with van der Waals surface area (Å²) >= 11 is 0. The molecule has 0 unspecified atom stereocenters. The van der Waals surface area contributed by atoms with Crippen LogP contribution in [0.25, 0.3) is 5.32 Å². The number of hydrogen-bond acceptors (Lipinski definition) is 2. The van der Waals surface area contributed by atoms with Gasteiger partial charge in [-0.1, -0.05) is 12.8 Å². The molecular weight excluding hydrogens is 408 g/mol. The third kappa shape index (κ3) is 7.80. The molecule has 0 amide bonds. The number of ether oxygens (including phenoxy) is 1. The van der Waals surface area contributed by atoms with E-state index < -0.39 is 0 Å². The molecule has 1 aliphatic rings. The zero-order valence-electron chi connectivity index (χ0n) is 13.6. The SMILES string of the molecule is C[N-]C1CCC(COCC(C)(C)N(C)C)CC1.[CH3-].[W+2]. The summed E-state index contributed by atoms with van der Waals surface area (Å²) in [7, 11) is 6.16. The van der Waals surface area contributed by atoms with Gasteiger partial charge < -0.3 is 22.4 Å². The van der Waals surface area contributed by atoms with Crippen LogP contribution in [0.5, 0.6) is 0 Å². The fraction of sp³-hybridized carbons (Fsp3) is 0.933. The molecule has 114 valence electrons. The summed E-state index contributed by atoms with van der Waals surface area (Å²) in [5.41, 5.74) is 0.135. The largest absolute Gasteiger partial charge is 2.00 e. The summed E-state index contributed by atoms with van der Waals surface area (Å²) in [6.07, 6.45) is 5.07. The van der Waals surface area contributed by atoms with Crippen LogP contribution < -0.4 is 0 Å². The summed E-state index contributed by atoms with van der Waals surface area (Å²) in [4.78, 5) is 2.22. The average Bonchev–Trinajstić information content (AvgIpc) is 2.29. The van der Waals surface area contributed by atoms with Gasteiger partial charge in [0.25, 0.3) is 0 Å². The van der Waals surface area contributed by atoms with Crippen LogP contribution in [0.1, 0.15) is 39.5 Å². The van der Waals surface area contributed by atoms with Gasteiger partial charge in [0.05, 0.1) is 6.61 Å². The van der Waals surface area contributed by atoms with E-state index in [2.05, 4.69) is 38.2 Å². The molecule has 19 heavy (non-hydrogen) atoms. The molecule has 0 saturated heterocycles. The standard InChI is InChI=1S/C14H29N2O.CH3.W/c1-14(2,16(4)5)11-17-10-12-6-8-13(15-3)9-7-12;;/h12-13H,6-11H2,1-5H3;1H3;/q2*-1;+2. The van der Waals surface area contributed by atoms with Gasteiger partial charge in [-0.25, -0.2) is 0 Å². The fourth-order valence-electron chi connectivity index (χ4n) is 2.17. The third-order valence-corrected chi connectivity index (χ3v) is 4.20. The first-order valence-corrected chi connectivity index (χ1v) is 6.80. The van der Waals surface area contributed by atoms with Crippen LogP contribution >= 0.6 is 0 Å². The maximum atomic E-state index is 5.90. The maximum absolute atomic E-state index is 5.90. The smallest absolute Gasteiger partial charge is 0.662 e. The predicted molar refractivity (Wildman–Crippen MR) is 80.0 cm³/mol. The van der Waals surface area contributed by atoms with E-state index >= 15 is 0 Å². The molecule has 0 aromatic heterocycles. The molecule has 0 atom stereocenters. The Labute approximate surface area is 135 Å². The Morgan fingerprint density at radius 1 is 1.16 bits per heavy atom. The van der Waals surface area contributed by atoms with Gasteiger partial charge in [0.2, 0.25) is 0 Å². The molecule has 0 radical (unpaired) electrons.